The molecule has 0 aromatic heterocycles. The molecule has 1 aliphatic rings. The second-order valence-electron chi connectivity index (χ2n) is 32.3. The number of thioether (sulfide) groups is 2. The molecule has 0 saturated heterocycles. The van der Waals surface area contributed by atoms with Crippen LogP contribution in [0, 0.1) is 29.6 Å². The number of hydrogen-bond acceptors (Lipinski definition) is 23. The Morgan fingerprint density at radius 1 is 0.488 bits per heavy atom. The van der Waals surface area contributed by atoms with Crippen LogP contribution >= 0.6 is 23.5 Å². The predicted octanol–water partition coefficient (Wildman–Crippen LogP) is -2.59. The summed E-state index contributed by atoms with van der Waals surface area (Å²) in [5, 5.41) is 52.6. The van der Waals surface area contributed by atoms with Gasteiger partial charge in [0.25, 0.3) is 0 Å². The SMILES string of the molecule is CC[C@H](C)[C@H](NC(=O)[C@@H](NC(=O)[C@H](CO)NC(=O)[C@H](C)NC(=O)[C@@H](NC(=O)[C@H](CCCCN)NC(=O)[C@H](CCCCN)NC(=O)[C@@H]1CSCc2ccccc2CSC[C@H](NC(=O)CNC(C)=O)C(=O)N[C@@H](Cc2ccccc2)C(=O)N[C@@H](C)C(=O)N[C@@H](C(C)C)C(=O)N1)C(C)C)C(C)C)C(=O)N[C@@H](CCCCN)C(=O)NCC(=O)N[C@@H](CC(C)C)C(N)=O. The number of aliphatic hydroxyl groups excluding tert-OH is 1. The van der Waals surface area contributed by atoms with E-state index in [2.05, 4.69) is 85.1 Å². The van der Waals surface area contributed by atoms with Gasteiger partial charge in [-0.05, 0) is 144 Å². The molecule has 0 spiro atoms. The van der Waals surface area contributed by atoms with E-state index < -0.39 is 228 Å². The van der Waals surface area contributed by atoms with Gasteiger partial charge in [0.15, 0.2) is 0 Å². The molecular formula is C83H136N20O18S2. The average Bonchev–Trinajstić information content (AvgIpc) is 1.24. The van der Waals surface area contributed by atoms with E-state index in [0.717, 1.165) is 11.1 Å². The molecule has 0 unspecified atom stereocenters. The van der Waals surface area contributed by atoms with E-state index >= 15 is 4.79 Å². The molecule has 40 heteroatoms. The number of carbonyl (C=O) groups is 17. The minimum Gasteiger partial charge on any atom is -0.394 e. The van der Waals surface area contributed by atoms with Gasteiger partial charge in [0.05, 0.1) is 19.7 Å². The van der Waals surface area contributed by atoms with Crippen molar-refractivity contribution in [2.24, 2.45) is 52.5 Å². The molecule has 0 aliphatic carbocycles. The third-order valence-electron chi connectivity index (χ3n) is 20.3. The molecule has 25 N–H and O–H groups in total. The number of carbonyl (C=O) groups excluding carboxylic acids is 17. The third kappa shape index (κ3) is 39.2. The molecule has 688 valence electrons. The fourth-order valence-electron chi connectivity index (χ4n) is 12.7. The number of amides is 17. The van der Waals surface area contributed by atoms with Crippen LogP contribution in [0.15, 0.2) is 54.6 Å². The van der Waals surface area contributed by atoms with Gasteiger partial charge in [0.2, 0.25) is 100 Å². The quantitative estimate of drug-likeness (QED) is 0.0303. The molecule has 0 radical (unpaired) electrons. The van der Waals surface area contributed by atoms with Gasteiger partial charge in [0.1, 0.15) is 84.6 Å². The summed E-state index contributed by atoms with van der Waals surface area (Å²) in [5.41, 5.74) is 25.3. The van der Waals surface area contributed by atoms with Crippen LogP contribution in [0.5, 0.6) is 0 Å². The van der Waals surface area contributed by atoms with Crippen LogP contribution in [0.25, 0.3) is 0 Å². The van der Waals surface area contributed by atoms with Gasteiger partial charge < -0.3 is 113 Å². The second-order valence-corrected chi connectivity index (χ2v) is 34.4. The zero-order valence-electron chi connectivity index (χ0n) is 73.2. The second kappa shape index (κ2) is 56.7. The van der Waals surface area contributed by atoms with E-state index in [1.54, 1.807) is 91.8 Å². The number of hydrogen-bond donors (Lipinski definition) is 21. The number of nitrogens with one attached hydrogen (secondary N) is 16. The van der Waals surface area contributed by atoms with Gasteiger partial charge in [-0.1, -0.05) is 130 Å². The summed E-state index contributed by atoms with van der Waals surface area (Å²) in [6.45, 7) is 19.4. The lowest BCUT2D eigenvalue weighted by Crippen LogP contribution is -2.62. The van der Waals surface area contributed by atoms with E-state index in [0.29, 0.717) is 43.4 Å². The highest BCUT2D eigenvalue weighted by molar-refractivity contribution is 7.99. The molecule has 1 aliphatic heterocycles. The molecule has 1 heterocycles. The van der Waals surface area contributed by atoms with E-state index in [1.807, 2.05) is 32.0 Å². The van der Waals surface area contributed by atoms with Crippen LogP contribution in [-0.4, -0.2) is 241 Å². The van der Waals surface area contributed by atoms with E-state index in [-0.39, 0.29) is 87.8 Å². The number of primary amides is 1. The van der Waals surface area contributed by atoms with E-state index in [4.69, 9.17) is 22.9 Å². The number of nitrogens with two attached hydrogens (primary N) is 4. The van der Waals surface area contributed by atoms with Crippen molar-refractivity contribution in [1.82, 2.24) is 85.1 Å². The van der Waals surface area contributed by atoms with E-state index in [1.165, 1.54) is 44.3 Å². The maximum atomic E-state index is 15.0. The standard InChI is InChI=1S/C83H136N20O18S2/c1-14-49(10)69(83(121)96-56(30-20-23-33-84)73(111)89-39-65(107)92-59(70(87)108)36-45(2)3)103-82(120)68(48(8)9)102-77(115)61(40-104)98-71(109)50(11)91-80(118)66(46(4)5)101-75(113)58(32-22-25-35-86)94-74(112)57(31-21-24-34-85)95-79(117)63-44-123-42-55-29-19-18-28-54(55)41-122-43-62(93-64(106)38-88-52(13)105)78(116)97-60(37-53-26-16-15-17-27-53)76(114)90-51(12)72(110)100-67(47(6)7)81(119)99-63/h15-19,26-29,45-51,56-63,66-69,104H,14,20-25,30-44,84-86H2,1-13H3,(H2,87,108)(H,88,105)(H,89,111)(H,90,114)(H,91,118)(H,92,107)(H,93,106)(H,94,112)(H,95,117)(H,96,121)(H,97,116)(H,98,109)(H,99,119)(H,100,110)(H,101,113)(H,102,115)(H,103,120)/t49-,50-,51-,56-,57-,58-,59-,60-,61-,62-,63-,66-,67-,68-,69-/m0/s1. The van der Waals surface area contributed by atoms with Crippen molar-refractivity contribution in [3.8, 4) is 0 Å². The Morgan fingerprint density at radius 3 is 1.48 bits per heavy atom. The van der Waals surface area contributed by atoms with Gasteiger partial charge in [-0.2, -0.15) is 23.5 Å². The van der Waals surface area contributed by atoms with Crippen LogP contribution in [-0.2, 0) is 99.4 Å². The molecule has 2 aromatic rings. The number of benzene rings is 2. The van der Waals surface area contributed by atoms with Crippen LogP contribution in [0.1, 0.15) is 177 Å². The summed E-state index contributed by atoms with van der Waals surface area (Å²) in [5.74, 6) is -15.6. The first-order valence-corrected chi connectivity index (χ1v) is 44.5. The molecule has 17 amide bonds. The summed E-state index contributed by atoms with van der Waals surface area (Å²) in [4.78, 5) is 236. The van der Waals surface area contributed by atoms with Crippen LogP contribution < -0.4 is 108 Å². The highest BCUT2D eigenvalue weighted by Crippen LogP contribution is 2.24. The normalized spacial score (nSPS) is 18.7. The van der Waals surface area contributed by atoms with Crippen molar-refractivity contribution < 1.29 is 86.6 Å². The molecule has 0 bridgehead atoms. The molecule has 38 nitrogen and oxygen atoms in total. The van der Waals surface area contributed by atoms with Crippen molar-refractivity contribution in [3.63, 3.8) is 0 Å². The van der Waals surface area contributed by atoms with E-state index in [9.17, 15) is 81.8 Å². The van der Waals surface area contributed by atoms with Crippen molar-refractivity contribution in [2.75, 3.05) is 50.8 Å². The highest BCUT2D eigenvalue weighted by atomic mass is 32.2. The average molecular weight is 1770 g/mol. The monoisotopic (exact) mass is 1760 g/mol. The van der Waals surface area contributed by atoms with Gasteiger partial charge in [-0.15, -0.1) is 0 Å². The third-order valence-corrected chi connectivity index (χ3v) is 22.5. The van der Waals surface area contributed by atoms with Crippen molar-refractivity contribution in [2.45, 2.75) is 263 Å². The summed E-state index contributed by atoms with van der Waals surface area (Å²) in [6, 6.07) is -2.72. The summed E-state index contributed by atoms with van der Waals surface area (Å²) in [6.07, 6.45) is 2.83. The summed E-state index contributed by atoms with van der Waals surface area (Å²) >= 11 is 2.54. The fourth-order valence-corrected chi connectivity index (χ4v) is 14.9. The maximum absolute atomic E-state index is 15.0. The Balaban J connectivity index is 1.91. The van der Waals surface area contributed by atoms with Gasteiger partial charge in [-0.25, -0.2) is 0 Å². The molecule has 15 atom stereocenters. The Kier molecular flexibility index (Phi) is 49.4. The largest absolute Gasteiger partial charge is 0.394 e. The fraction of sp³-hybridized carbons (Fsp3) is 0.651. The molecule has 0 fully saturated rings. The molecule has 3 rings (SSSR count). The Bertz CT molecular complexity index is 3830. The predicted molar refractivity (Wildman–Crippen MR) is 467 cm³/mol. The van der Waals surface area contributed by atoms with Gasteiger partial charge in [0, 0.05) is 36.4 Å². The van der Waals surface area contributed by atoms with Crippen LogP contribution in [0.3, 0.4) is 0 Å². The molecule has 0 saturated carbocycles. The number of aliphatic hydroxyl groups is 1. The first-order chi connectivity index (χ1) is 58.2. The number of rotatable bonds is 46. The minimum atomic E-state index is -1.72. The lowest BCUT2D eigenvalue weighted by molar-refractivity contribution is -0.137. The Morgan fingerprint density at radius 2 is 0.967 bits per heavy atom. The number of fused-ring (bicyclic) bond motifs is 1. The Hall–Kier alpha value is -10.0. The smallest absolute Gasteiger partial charge is 0.245 e. The summed E-state index contributed by atoms with van der Waals surface area (Å²) < 4.78 is 0. The van der Waals surface area contributed by atoms with Crippen LogP contribution in [0.4, 0.5) is 0 Å². The zero-order chi connectivity index (χ0) is 92.2. The molecular weight excluding hydrogens is 1630 g/mol. The maximum Gasteiger partial charge on any atom is 0.245 e. The van der Waals surface area contributed by atoms with Crippen LogP contribution in [0.2, 0.25) is 0 Å². The summed E-state index contributed by atoms with van der Waals surface area (Å²) in [7, 11) is 0. The zero-order valence-corrected chi connectivity index (χ0v) is 74.9. The van der Waals surface area contributed by atoms with Crippen molar-refractivity contribution in [3.05, 3.63) is 71.3 Å². The first-order valence-electron chi connectivity index (χ1n) is 42.2. The first kappa shape index (κ1) is 107. The van der Waals surface area contributed by atoms with Crippen molar-refractivity contribution in [1.29, 1.82) is 0 Å². The molecule has 123 heavy (non-hydrogen) atoms. The van der Waals surface area contributed by atoms with Gasteiger partial charge in [-0.3, -0.25) is 81.5 Å². The highest BCUT2D eigenvalue weighted by Gasteiger charge is 2.40. The minimum absolute atomic E-state index is 0.00691. The lowest BCUT2D eigenvalue weighted by atomic mass is 9.95. The number of unbranched alkanes of at least 4 members (excludes halogenated alkanes) is 3. The Labute approximate surface area is 729 Å². The lowest BCUT2D eigenvalue weighted by Gasteiger charge is -2.30. The molecule has 2 aromatic carbocycles. The van der Waals surface area contributed by atoms with Gasteiger partial charge >= 0.3 is 0 Å². The topological polar surface area (TPSA) is 607 Å². The van der Waals surface area contributed by atoms with Crippen molar-refractivity contribution >= 4 is 124 Å².